The molecular weight excluding hydrogens is 332 g/mol. The number of hydrogen-bond acceptors (Lipinski definition) is 4. The average Bonchev–Trinajstić information content (AvgIpc) is 3.40. The fourth-order valence-electron chi connectivity index (χ4n) is 3.53. The van der Waals surface area contributed by atoms with Crippen LogP contribution in [0.15, 0.2) is 29.4 Å². The van der Waals surface area contributed by atoms with Crippen molar-refractivity contribution in [3.05, 3.63) is 41.2 Å². The van der Waals surface area contributed by atoms with Gasteiger partial charge in [0.2, 0.25) is 5.91 Å². The van der Waals surface area contributed by atoms with Gasteiger partial charge in [-0.1, -0.05) is 36.0 Å². The fourth-order valence-corrected chi connectivity index (χ4v) is 4.36. The molecule has 1 aromatic heterocycles. The van der Waals surface area contributed by atoms with E-state index < -0.39 is 0 Å². The van der Waals surface area contributed by atoms with E-state index >= 15 is 0 Å². The summed E-state index contributed by atoms with van der Waals surface area (Å²) in [5.74, 6) is 1.69. The third-order valence-corrected chi connectivity index (χ3v) is 6.28. The molecule has 1 heterocycles. The van der Waals surface area contributed by atoms with Crippen LogP contribution in [0, 0.1) is 0 Å². The van der Waals surface area contributed by atoms with E-state index in [4.69, 9.17) is 0 Å². The molecular formula is C19H24N4OS. The number of aryl methyl sites for hydroxylation is 1. The molecule has 2 aliphatic carbocycles. The predicted molar refractivity (Wildman–Crippen MR) is 98.6 cm³/mol. The first-order valence-electron chi connectivity index (χ1n) is 9.07. The molecule has 5 nitrogen and oxygen atoms in total. The number of nitrogens with one attached hydrogen (secondary N) is 1. The summed E-state index contributed by atoms with van der Waals surface area (Å²) in [5.41, 5.74) is 2.63. The number of carbonyl (C=O) groups is 1. The van der Waals surface area contributed by atoms with Gasteiger partial charge in [-0.2, -0.15) is 0 Å². The van der Waals surface area contributed by atoms with E-state index in [-0.39, 0.29) is 17.2 Å². The summed E-state index contributed by atoms with van der Waals surface area (Å²) in [7, 11) is 2.00. The molecule has 25 heavy (non-hydrogen) atoms. The van der Waals surface area contributed by atoms with Crippen LogP contribution in [-0.2, 0) is 18.3 Å². The number of thioether (sulfide) groups is 1. The van der Waals surface area contributed by atoms with Crippen LogP contribution in [0.1, 0.15) is 61.5 Å². The summed E-state index contributed by atoms with van der Waals surface area (Å²) >= 11 is 1.49. The maximum Gasteiger partial charge on any atom is 0.233 e. The molecule has 0 aliphatic heterocycles. The summed E-state index contributed by atoms with van der Waals surface area (Å²) in [6.45, 7) is 1.94. The maximum atomic E-state index is 12.7. The van der Waals surface area contributed by atoms with Gasteiger partial charge < -0.3 is 9.88 Å². The average molecular weight is 356 g/mol. The molecule has 1 amide bonds. The van der Waals surface area contributed by atoms with Crippen molar-refractivity contribution in [2.45, 2.75) is 61.4 Å². The molecule has 1 saturated carbocycles. The molecule has 6 heteroatoms. The molecule has 2 aromatic rings. The van der Waals surface area contributed by atoms with Crippen LogP contribution >= 0.6 is 11.8 Å². The number of aromatic nitrogens is 3. The third-order valence-electron chi connectivity index (χ3n) is 5.15. The Hall–Kier alpha value is -1.82. The molecule has 4 rings (SSSR count). The molecule has 0 radical (unpaired) electrons. The van der Waals surface area contributed by atoms with E-state index in [1.807, 2.05) is 18.5 Å². The molecule has 0 spiro atoms. The molecule has 1 N–H and O–H groups in total. The van der Waals surface area contributed by atoms with Crippen LogP contribution < -0.4 is 5.32 Å². The van der Waals surface area contributed by atoms with E-state index in [0.717, 1.165) is 30.2 Å². The van der Waals surface area contributed by atoms with Crippen molar-refractivity contribution >= 4 is 17.7 Å². The summed E-state index contributed by atoms with van der Waals surface area (Å²) < 4.78 is 2.04. The van der Waals surface area contributed by atoms with Gasteiger partial charge in [-0.25, -0.2) is 0 Å². The lowest BCUT2D eigenvalue weighted by Gasteiger charge is -2.27. The Balaban J connectivity index is 1.41. The van der Waals surface area contributed by atoms with Crippen molar-refractivity contribution in [1.82, 2.24) is 20.1 Å². The van der Waals surface area contributed by atoms with Crippen LogP contribution in [0.3, 0.4) is 0 Å². The third kappa shape index (κ3) is 3.45. The largest absolute Gasteiger partial charge is 0.348 e. The normalized spacial score (nSPS) is 20.8. The summed E-state index contributed by atoms with van der Waals surface area (Å²) in [4.78, 5) is 12.7. The van der Waals surface area contributed by atoms with Crippen molar-refractivity contribution in [3.8, 4) is 0 Å². The van der Waals surface area contributed by atoms with Gasteiger partial charge in [-0.15, -0.1) is 10.2 Å². The topological polar surface area (TPSA) is 59.8 Å². The minimum Gasteiger partial charge on any atom is -0.348 e. The molecule has 0 bridgehead atoms. The van der Waals surface area contributed by atoms with Gasteiger partial charge in [0.1, 0.15) is 5.82 Å². The van der Waals surface area contributed by atoms with Gasteiger partial charge in [0.15, 0.2) is 5.16 Å². The molecule has 2 atom stereocenters. The van der Waals surface area contributed by atoms with Crippen molar-refractivity contribution in [1.29, 1.82) is 0 Å². The van der Waals surface area contributed by atoms with E-state index in [1.165, 1.54) is 35.7 Å². The second kappa shape index (κ2) is 6.83. The number of hydrogen-bond donors (Lipinski definition) is 1. The Kier molecular flexibility index (Phi) is 4.54. The number of amides is 1. The molecule has 0 saturated heterocycles. The first kappa shape index (κ1) is 16.6. The van der Waals surface area contributed by atoms with E-state index in [9.17, 15) is 4.79 Å². The van der Waals surface area contributed by atoms with E-state index in [1.54, 1.807) is 0 Å². The molecule has 0 unspecified atom stereocenters. The monoisotopic (exact) mass is 356 g/mol. The lowest BCUT2D eigenvalue weighted by Crippen LogP contribution is -2.36. The second-order valence-corrected chi connectivity index (χ2v) is 8.39. The zero-order valence-corrected chi connectivity index (χ0v) is 15.6. The maximum absolute atomic E-state index is 12.7. The lowest BCUT2D eigenvalue weighted by molar-refractivity contribution is -0.121. The first-order valence-corrected chi connectivity index (χ1v) is 9.95. The van der Waals surface area contributed by atoms with Gasteiger partial charge in [-0.3, -0.25) is 4.79 Å². The van der Waals surface area contributed by atoms with Crippen molar-refractivity contribution < 1.29 is 4.79 Å². The standard InChI is InChI=1S/C19H24N4OS/c1-12(25-19-22-21-17(23(19)2)14-10-11-14)18(24)20-16-9-5-7-13-6-3-4-8-15(13)16/h3-4,6,8,12,14,16H,5,7,9-11H2,1-2H3,(H,20,24)/t12-,16+/m1/s1. The SMILES string of the molecule is C[C@@H](Sc1nnc(C2CC2)n1C)C(=O)N[C@H]1CCCc2ccccc21. The Morgan fingerprint density at radius 3 is 2.88 bits per heavy atom. The van der Waals surface area contributed by atoms with Crippen LogP contribution in [0.4, 0.5) is 0 Å². The van der Waals surface area contributed by atoms with Crippen molar-refractivity contribution in [2.24, 2.45) is 7.05 Å². The Morgan fingerprint density at radius 1 is 1.28 bits per heavy atom. The van der Waals surface area contributed by atoms with Crippen LogP contribution in [-0.4, -0.2) is 25.9 Å². The van der Waals surface area contributed by atoms with Gasteiger partial charge in [-0.05, 0) is 50.2 Å². The Morgan fingerprint density at radius 2 is 2.08 bits per heavy atom. The second-order valence-electron chi connectivity index (χ2n) is 7.09. The highest BCUT2D eigenvalue weighted by Gasteiger charge is 2.30. The highest BCUT2D eigenvalue weighted by molar-refractivity contribution is 8.00. The van der Waals surface area contributed by atoms with Gasteiger partial charge in [0, 0.05) is 13.0 Å². The van der Waals surface area contributed by atoms with Crippen LogP contribution in [0.25, 0.3) is 0 Å². The summed E-state index contributed by atoms with van der Waals surface area (Å²) in [5, 5.41) is 12.4. The van der Waals surface area contributed by atoms with Crippen molar-refractivity contribution in [3.63, 3.8) is 0 Å². The number of fused-ring (bicyclic) bond motifs is 1. The van der Waals surface area contributed by atoms with Crippen LogP contribution in [0.2, 0.25) is 0 Å². The number of nitrogens with zero attached hydrogens (tertiary/aromatic N) is 3. The van der Waals surface area contributed by atoms with Gasteiger partial charge in [0.05, 0.1) is 11.3 Å². The quantitative estimate of drug-likeness (QED) is 0.835. The minimum atomic E-state index is -0.191. The highest BCUT2D eigenvalue weighted by Crippen LogP contribution is 2.40. The smallest absolute Gasteiger partial charge is 0.233 e. The highest BCUT2D eigenvalue weighted by atomic mass is 32.2. The van der Waals surface area contributed by atoms with E-state index in [2.05, 4.69) is 39.8 Å². The number of benzene rings is 1. The molecule has 132 valence electrons. The number of carbonyl (C=O) groups excluding carboxylic acids is 1. The molecule has 2 aliphatic rings. The zero-order chi connectivity index (χ0) is 17.4. The first-order chi connectivity index (χ1) is 12.1. The van der Waals surface area contributed by atoms with Crippen LogP contribution in [0.5, 0.6) is 0 Å². The minimum absolute atomic E-state index is 0.0719. The zero-order valence-electron chi connectivity index (χ0n) is 14.7. The Labute approximate surface area is 152 Å². The fraction of sp³-hybridized carbons (Fsp3) is 0.526. The number of rotatable bonds is 5. The summed E-state index contributed by atoms with van der Waals surface area (Å²) in [6, 6.07) is 8.57. The van der Waals surface area contributed by atoms with Crippen molar-refractivity contribution in [2.75, 3.05) is 0 Å². The van der Waals surface area contributed by atoms with Gasteiger partial charge in [0.25, 0.3) is 0 Å². The molecule has 1 aromatic carbocycles. The van der Waals surface area contributed by atoms with Gasteiger partial charge >= 0.3 is 0 Å². The summed E-state index contributed by atoms with van der Waals surface area (Å²) in [6.07, 6.45) is 5.64. The Bertz CT molecular complexity index is 783. The predicted octanol–water partition coefficient (Wildman–Crippen LogP) is 3.37. The van der Waals surface area contributed by atoms with E-state index in [0.29, 0.717) is 5.92 Å². The molecule has 1 fully saturated rings. The lowest BCUT2D eigenvalue weighted by atomic mass is 9.88.